The highest BCUT2D eigenvalue weighted by atomic mass is 19.3. The van der Waals surface area contributed by atoms with E-state index in [-0.39, 0.29) is 6.42 Å². The van der Waals surface area contributed by atoms with Crippen molar-refractivity contribution in [2.45, 2.75) is 71.1 Å². The topological polar surface area (TPSA) is 83.0 Å². The van der Waals surface area contributed by atoms with Gasteiger partial charge in [-0.2, -0.15) is 15.0 Å². The van der Waals surface area contributed by atoms with Crippen molar-refractivity contribution < 1.29 is 18.3 Å². The lowest BCUT2D eigenvalue weighted by Gasteiger charge is -2.36. The molecule has 6 nitrogen and oxygen atoms in total. The molecule has 1 fully saturated rings. The fourth-order valence-electron chi connectivity index (χ4n) is 3.24. The van der Waals surface area contributed by atoms with Crippen LogP contribution in [0.2, 0.25) is 0 Å². The van der Waals surface area contributed by atoms with Crippen LogP contribution in [0.4, 0.5) is 8.78 Å². The predicted octanol–water partition coefficient (Wildman–Crippen LogP) is 4.07. The van der Waals surface area contributed by atoms with Crippen molar-refractivity contribution in [3.63, 3.8) is 0 Å². The Hall–Kier alpha value is -2.35. The van der Waals surface area contributed by atoms with Crippen LogP contribution >= 0.6 is 0 Å². The highest BCUT2D eigenvalue weighted by molar-refractivity contribution is 5.83. The zero-order chi connectivity index (χ0) is 21.4. The van der Waals surface area contributed by atoms with Gasteiger partial charge in [-0.25, -0.2) is 13.6 Å². The molecule has 1 aliphatic rings. The van der Waals surface area contributed by atoms with Crippen LogP contribution in [-0.2, 0) is 15.1 Å². The third kappa shape index (κ3) is 4.63. The van der Waals surface area contributed by atoms with Crippen molar-refractivity contribution in [3.05, 3.63) is 36.0 Å². The SMILES string of the molecule is CC(C)OC(=O)[C@@](N)(CC(C)(C)C(F)F)c1ccc(-c2cnn(C3CC3)n2)cc1. The first kappa shape index (κ1) is 21.4. The Morgan fingerprint density at radius 2 is 1.90 bits per heavy atom. The number of hydrogen-bond donors (Lipinski definition) is 1. The molecule has 0 saturated heterocycles. The van der Waals surface area contributed by atoms with E-state index in [1.807, 2.05) is 0 Å². The molecule has 1 saturated carbocycles. The monoisotopic (exact) mass is 406 g/mol. The Morgan fingerprint density at radius 3 is 2.41 bits per heavy atom. The largest absolute Gasteiger partial charge is 0.461 e. The molecule has 1 aromatic heterocycles. The molecule has 2 N–H and O–H groups in total. The van der Waals surface area contributed by atoms with Gasteiger partial charge in [0.25, 0.3) is 0 Å². The van der Waals surface area contributed by atoms with Crippen molar-refractivity contribution in [3.8, 4) is 11.3 Å². The molecule has 0 aliphatic heterocycles. The number of carbonyl (C=O) groups is 1. The first-order valence-corrected chi connectivity index (χ1v) is 9.84. The number of alkyl halides is 2. The molecule has 0 bridgehead atoms. The summed E-state index contributed by atoms with van der Waals surface area (Å²) in [7, 11) is 0. The molecule has 2 aromatic rings. The molecule has 0 spiro atoms. The zero-order valence-corrected chi connectivity index (χ0v) is 17.2. The smallest absolute Gasteiger partial charge is 0.331 e. The highest BCUT2D eigenvalue weighted by Crippen LogP contribution is 2.39. The average molecular weight is 406 g/mol. The van der Waals surface area contributed by atoms with Crippen LogP contribution in [0.25, 0.3) is 11.3 Å². The van der Waals surface area contributed by atoms with Gasteiger partial charge in [0.1, 0.15) is 11.2 Å². The number of nitrogens with zero attached hydrogens (tertiary/aromatic N) is 3. The summed E-state index contributed by atoms with van der Waals surface area (Å²) in [6.07, 6.45) is 0.573. The molecule has 29 heavy (non-hydrogen) atoms. The number of aromatic nitrogens is 3. The number of hydrogen-bond acceptors (Lipinski definition) is 5. The van der Waals surface area contributed by atoms with E-state index in [1.165, 1.54) is 13.8 Å². The van der Waals surface area contributed by atoms with Crippen LogP contribution < -0.4 is 5.73 Å². The minimum atomic E-state index is -2.63. The zero-order valence-electron chi connectivity index (χ0n) is 17.2. The van der Waals surface area contributed by atoms with Crippen LogP contribution in [0.5, 0.6) is 0 Å². The van der Waals surface area contributed by atoms with Gasteiger partial charge in [0.05, 0.1) is 18.3 Å². The van der Waals surface area contributed by atoms with Gasteiger partial charge in [0.2, 0.25) is 6.43 Å². The Morgan fingerprint density at radius 1 is 1.28 bits per heavy atom. The minimum Gasteiger partial charge on any atom is -0.461 e. The third-order valence-corrected chi connectivity index (χ3v) is 5.11. The maximum Gasteiger partial charge on any atom is 0.331 e. The number of nitrogens with two attached hydrogens (primary N) is 1. The molecule has 1 atom stereocenters. The van der Waals surface area contributed by atoms with Crippen LogP contribution in [-0.4, -0.2) is 33.5 Å². The Balaban J connectivity index is 1.90. The van der Waals surface area contributed by atoms with Crippen molar-refractivity contribution in [2.24, 2.45) is 11.1 Å². The van der Waals surface area contributed by atoms with E-state index in [9.17, 15) is 13.6 Å². The summed E-state index contributed by atoms with van der Waals surface area (Å²) < 4.78 is 32.3. The molecule has 158 valence electrons. The number of benzene rings is 1. The lowest BCUT2D eigenvalue weighted by Crippen LogP contribution is -2.50. The van der Waals surface area contributed by atoms with E-state index in [4.69, 9.17) is 10.5 Å². The summed E-state index contributed by atoms with van der Waals surface area (Å²) in [6.45, 7) is 6.19. The molecule has 0 amide bonds. The van der Waals surface area contributed by atoms with E-state index in [0.29, 0.717) is 17.3 Å². The number of carbonyl (C=O) groups excluding carboxylic acids is 1. The van der Waals surface area contributed by atoms with E-state index in [2.05, 4.69) is 10.2 Å². The van der Waals surface area contributed by atoms with Crippen molar-refractivity contribution in [2.75, 3.05) is 0 Å². The van der Waals surface area contributed by atoms with Gasteiger partial charge in [-0.1, -0.05) is 38.1 Å². The number of ether oxygens (including phenoxy) is 1. The normalized spacial score (nSPS) is 16.9. The Bertz CT molecular complexity index is 860. The van der Waals surface area contributed by atoms with Crippen molar-refractivity contribution in [1.82, 2.24) is 15.0 Å². The molecule has 1 heterocycles. The second-order valence-electron chi connectivity index (χ2n) is 8.75. The first-order valence-electron chi connectivity index (χ1n) is 9.84. The summed E-state index contributed by atoms with van der Waals surface area (Å²) in [5, 5.41) is 8.75. The lowest BCUT2D eigenvalue weighted by molar-refractivity contribution is -0.157. The number of rotatable bonds is 8. The van der Waals surface area contributed by atoms with E-state index < -0.39 is 29.5 Å². The quantitative estimate of drug-likeness (QED) is 0.668. The van der Waals surface area contributed by atoms with Crippen molar-refractivity contribution >= 4 is 5.97 Å². The molecular weight excluding hydrogens is 378 g/mol. The fraction of sp³-hybridized carbons (Fsp3) is 0.571. The number of esters is 1. The molecule has 3 rings (SSSR count). The molecule has 1 aliphatic carbocycles. The van der Waals surface area contributed by atoms with Crippen LogP contribution in [0.15, 0.2) is 30.5 Å². The van der Waals surface area contributed by atoms with Gasteiger partial charge >= 0.3 is 5.97 Å². The van der Waals surface area contributed by atoms with Gasteiger partial charge in [0, 0.05) is 11.0 Å². The van der Waals surface area contributed by atoms with Gasteiger partial charge in [0.15, 0.2) is 0 Å². The molecule has 1 aromatic carbocycles. The van der Waals surface area contributed by atoms with Crippen molar-refractivity contribution in [1.29, 1.82) is 0 Å². The molecule has 8 heteroatoms. The van der Waals surface area contributed by atoms with Crippen LogP contribution in [0.1, 0.15) is 58.6 Å². The third-order valence-electron chi connectivity index (χ3n) is 5.11. The van der Waals surface area contributed by atoms with E-state index >= 15 is 0 Å². The number of halogens is 2. The standard InChI is InChI=1S/C21H28F2N4O2/c1-13(2)29-19(28)21(24,12-20(3,4)18(22)23)15-7-5-14(6-8-15)17-11-25-27(26-17)16-9-10-16/h5-8,11,13,16,18H,9-10,12,24H2,1-4H3/t21-/m1/s1. The minimum absolute atomic E-state index is 0.250. The molecular formula is C21H28F2N4O2. The Kier molecular flexibility index (Phi) is 5.76. The van der Waals surface area contributed by atoms with E-state index in [1.54, 1.807) is 49.1 Å². The summed E-state index contributed by atoms with van der Waals surface area (Å²) in [5.74, 6) is -0.714. The Labute approximate surface area is 169 Å². The van der Waals surface area contributed by atoms with E-state index in [0.717, 1.165) is 18.4 Å². The summed E-state index contributed by atoms with van der Waals surface area (Å²) in [5.41, 5.74) is 5.24. The van der Waals surface area contributed by atoms with Gasteiger partial charge in [-0.3, -0.25) is 0 Å². The van der Waals surface area contributed by atoms with Gasteiger partial charge in [-0.05, 0) is 38.7 Å². The first-order chi connectivity index (χ1) is 13.5. The second-order valence-corrected chi connectivity index (χ2v) is 8.75. The molecule has 0 unspecified atom stereocenters. The summed E-state index contributed by atoms with van der Waals surface area (Å²) in [6, 6.07) is 7.28. The second kappa shape index (κ2) is 7.82. The molecule has 0 radical (unpaired) electrons. The maximum atomic E-state index is 13.5. The predicted molar refractivity (Wildman–Crippen MR) is 105 cm³/mol. The summed E-state index contributed by atoms with van der Waals surface area (Å²) in [4.78, 5) is 14.5. The fourth-order valence-corrected chi connectivity index (χ4v) is 3.24. The van der Waals surface area contributed by atoms with Crippen LogP contribution in [0, 0.1) is 5.41 Å². The van der Waals surface area contributed by atoms with Crippen LogP contribution in [0.3, 0.4) is 0 Å². The maximum absolute atomic E-state index is 13.5. The van der Waals surface area contributed by atoms with Gasteiger partial charge in [-0.15, -0.1) is 0 Å². The van der Waals surface area contributed by atoms with Gasteiger partial charge < -0.3 is 10.5 Å². The highest BCUT2D eigenvalue weighted by Gasteiger charge is 2.46. The average Bonchev–Trinajstić information content (AvgIpc) is 3.37. The lowest BCUT2D eigenvalue weighted by atomic mass is 9.75. The summed E-state index contributed by atoms with van der Waals surface area (Å²) >= 11 is 0.